The number of carbonyl (C=O) groups is 2. The van der Waals surface area contributed by atoms with Gasteiger partial charge in [0, 0.05) is 19.1 Å². The van der Waals surface area contributed by atoms with Crippen molar-refractivity contribution in [1.82, 2.24) is 15.5 Å². The van der Waals surface area contributed by atoms with Gasteiger partial charge in [-0.15, -0.1) is 0 Å². The van der Waals surface area contributed by atoms with Crippen LogP contribution in [-0.2, 0) is 9.59 Å². The van der Waals surface area contributed by atoms with Gasteiger partial charge >= 0.3 is 0 Å². The highest BCUT2D eigenvalue weighted by atomic mass is 16.2. The average Bonchev–Trinajstić information content (AvgIpc) is 3.06. The summed E-state index contributed by atoms with van der Waals surface area (Å²) < 4.78 is 0. The van der Waals surface area contributed by atoms with E-state index in [2.05, 4.69) is 16.7 Å². The molecule has 0 radical (unpaired) electrons. The molecule has 2 aliphatic rings. The van der Waals surface area contributed by atoms with Gasteiger partial charge in [-0.3, -0.25) is 9.59 Å². The Hall–Kier alpha value is -1.65. The molecule has 2 saturated heterocycles. The average molecular weight is 265 g/mol. The molecule has 4 N–H and O–H groups in total. The lowest BCUT2D eigenvalue weighted by atomic mass is 10.1. The number of rotatable bonds is 3. The molecular formula is C12H19N5O2. The molecule has 2 fully saturated rings. The zero-order valence-electron chi connectivity index (χ0n) is 10.8. The van der Waals surface area contributed by atoms with Crippen molar-refractivity contribution in [3.8, 4) is 6.07 Å². The van der Waals surface area contributed by atoms with E-state index in [9.17, 15) is 9.59 Å². The van der Waals surface area contributed by atoms with Gasteiger partial charge in [-0.05, 0) is 19.3 Å². The molecule has 19 heavy (non-hydrogen) atoms. The second-order valence-corrected chi connectivity index (χ2v) is 4.98. The molecule has 2 rings (SSSR count). The van der Waals surface area contributed by atoms with Crippen LogP contribution >= 0.6 is 0 Å². The van der Waals surface area contributed by atoms with E-state index in [4.69, 9.17) is 11.0 Å². The number of nitrogens with two attached hydrogens (primary N) is 1. The third-order valence-electron chi connectivity index (χ3n) is 3.66. The van der Waals surface area contributed by atoms with E-state index in [0.29, 0.717) is 19.5 Å². The largest absolute Gasteiger partial charge is 0.351 e. The minimum absolute atomic E-state index is 0.0338. The summed E-state index contributed by atoms with van der Waals surface area (Å²) >= 11 is 0. The second kappa shape index (κ2) is 5.99. The van der Waals surface area contributed by atoms with Crippen LogP contribution in [0.2, 0.25) is 0 Å². The quantitative estimate of drug-likeness (QED) is 0.563. The molecule has 0 aromatic carbocycles. The van der Waals surface area contributed by atoms with Crippen molar-refractivity contribution >= 4 is 11.8 Å². The SMILES string of the molecule is N#C[C@@H]1CCCN1C(=O)[C@@H]1C[C@H](NC(=O)CN)CN1. The van der Waals surface area contributed by atoms with Crippen molar-refractivity contribution in [2.75, 3.05) is 19.6 Å². The predicted octanol–water partition coefficient (Wildman–Crippen LogP) is -1.69. The Morgan fingerprint density at radius 3 is 3.00 bits per heavy atom. The lowest BCUT2D eigenvalue weighted by Gasteiger charge is -2.23. The first kappa shape index (κ1) is 13.8. The summed E-state index contributed by atoms with van der Waals surface area (Å²) in [6.07, 6.45) is 2.19. The molecule has 2 aliphatic heterocycles. The van der Waals surface area contributed by atoms with E-state index in [-0.39, 0.29) is 36.5 Å². The van der Waals surface area contributed by atoms with Crippen LogP contribution in [0.15, 0.2) is 0 Å². The van der Waals surface area contributed by atoms with E-state index in [0.717, 1.165) is 12.8 Å². The standard InChI is InChI=1S/C12H19N5O2/c13-5-9-2-1-3-17(9)12(19)10-4-8(7-15-10)16-11(18)6-14/h8-10,15H,1-4,6-7,14H2,(H,16,18)/t8-,9-,10-/m0/s1. The van der Waals surface area contributed by atoms with Gasteiger partial charge in [-0.25, -0.2) is 0 Å². The van der Waals surface area contributed by atoms with Gasteiger partial charge in [-0.2, -0.15) is 5.26 Å². The fourth-order valence-electron chi connectivity index (χ4n) is 2.69. The topological polar surface area (TPSA) is 111 Å². The van der Waals surface area contributed by atoms with Crippen molar-refractivity contribution in [1.29, 1.82) is 5.26 Å². The van der Waals surface area contributed by atoms with Gasteiger partial charge in [0.1, 0.15) is 6.04 Å². The first-order valence-corrected chi connectivity index (χ1v) is 6.58. The summed E-state index contributed by atoms with van der Waals surface area (Å²) in [4.78, 5) is 25.1. The Balaban J connectivity index is 1.88. The van der Waals surface area contributed by atoms with Crippen LogP contribution in [0.4, 0.5) is 0 Å². The van der Waals surface area contributed by atoms with Crippen LogP contribution in [0.3, 0.4) is 0 Å². The van der Waals surface area contributed by atoms with Crippen LogP contribution < -0.4 is 16.4 Å². The van der Waals surface area contributed by atoms with Gasteiger partial charge in [0.05, 0.1) is 18.7 Å². The van der Waals surface area contributed by atoms with Gasteiger partial charge in [-0.1, -0.05) is 0 Å². The van der Waals surface area contributed by atoms with Crippen LogP contribution in [0.1, 0.15) is 19.3 Å². The van der Waals surface area contributed by atoms with Crippen LogP contribution in [0.25, 0.3) is 0 Å². The fourth-order valence-corrected chi connectivity index (χ4v) is 2.69. The maximum absolute atomic E-state index is 12.3. The van der Waals surface area contributed by atoms with E-state index in [1.165, 1.54) is 0 Å². The van der Waals surface area contributed by atoms with Gasteiger partial charge in [0.25, 0.3) is 0 Å². The van der Waals surface area contributed by atoms with Crippen LogP contribution in [0.5, 0.6) is 0 Å². The van der Waals surface area contributed by atoms with Gasteiger partial charge in [0.2, 0.25) is 11.8 Å². The van der Waals surface area contributed by atoms with E-state index in [1.54, 1.807) is 4.90 Å². The second-order valence-electron chi connectivity index (χ2n) is 4.98. The molecule has 0 aromatic heterocycles. The van der Waals surface area contributed by atoms with Crippen molar-refractivity contribution in [3.05, 3.63) is 0 Å². The molecule has 0 spiro atoms. The third-order valence-corrected chi connectivity index (χ3v) is 3.66. The molecule has 0 bridgehead atoms. The number of amides is 2. The van der Waals surface area contributed by atoms with Crippen molar-refractivity contribution in [2.24, 2.45) is 5.73 Å². The van der Waals surface area contributed by atoms with E-state index < -0.39 is 0 Å². The predicted molar refractivity (Wildman–Crippen MR) is 67.7 cm³/mol. The Labute approximate surface area is 112 Å². The maximum atomic E-state index is 12.3. The Kier molecular flexibility index (Phi) is 4.35. The number of hydrogen-bond donors (Lipinski definition) is 3. The maximum Gasteiger partial charge on any atom is 0.240 e. The van der Waals surface area contributed by atoms with Crippen molar-refractivity contribution < 1.29 is 9.59 Å². The van der Waals surface area contributed by atoms with E-state index in [1.807, 2.05) is 0 Å². The molecule has 104 valence electrons. The monoisotopic (exact) mass is 265 g/mol. The molecule has 3 atom stereocenters. The van der Waals surface area contributed by atoms with Crippen LogP contribution in [-0.4, -0.2) is 54.5 Å². The van der Waals surface area contributed by atoms with E-state index >= 15 is 0 Å². The molecule has 0 aliphatic carbocycles. The molecule has 0 aromatic rings. The summed E-state index contributed by atoms with van der Waals surface area (Å²) in [5.74, 6) is -0.246. The molecule has 0 saturated carbocycles. The summed E-state index contributed by atoms with van der Waals surface area (Å²) in [5, 5.41) is 14.9. The first-order chi connectivity index (χ1) is 9.15. The molecular weight excluding hydrogens is 246 g/mol. The summed E-state index contributed by atoms with van der Waals surface area (Å²) in [5.41, 5.74) is 5.24. The minimum Gasteiger partial charge on any atom is -0.351 e. The number of nitriles is 1. The molecule has 7 nitrogen and oxygen atoms in total. The summed E-state index contributed by atoms with van der Waals surface area (Å²) in [7, 11) is 0. The first-order valence-electron chi connectivity index (χ1n) is 6.58. The van der Waals surface area contributed by atoms with Crippen LogP contribution in [0, 0.1) is 11.3 Å². The minimum atomic E-state index is -0.308. The Morgan fingerprint density at radius 2 is 2.32 bits per heavy atom. The Bertz CT molecular complexity index is 405. The highest BCUT2D eigenvalue weighted by Gasteiger charge is 2.37. The summed E-state index contributed by atoms with van der Waals surface area (Å²) in [6.45, 7) is 1.17. The number of nitrogens with zero attached hydrogens (tertiary/aromatic N) is 2. The molecule has 0 unspecified atom stereocenters. The number of likely N-dealkylation sites (tertiary alicyclic amines) is 1. The molecule has 2 amide bonds. The van der Waals surface area contributed by atoms with Crippen molar-refractivity contribution in [2.45, 2.75) is 37.4 Å². The lowest BCUT2D eigenvalue weighted by Crippen LogP contribution is -2.45. The number of carbonyl (C=O) groups excluding carboxylic acids is 2. The fraction of sp³-hybridized carbons (Fsp3) is 0.750. The zero-order chi connectivity index (χ0) is 13.8. The molecule has 2 heterocycles. The van der Waals surface area contributed by atoms with Gasteiger partial charge in [0.15, 0.2) is 0 Å². The van der Waals surface area contributed by atoms with Gasteiger partial charge < -0.3 is 21.3 Å². The number of hydrogen-bond acceptors (Lipinski definition) is 5. The van der Waals surface area contributed by atoms with Crippen molar-refractivity contribution in [3.63, 3.8) is 0 Å². The number of nitrogens with one attached hydrogen (secondary N) is 2. The Morgan fingerprint density at radius 1 is 1.53 bits per heavy atom. The summed E-state index contributed by atoms with van der Waals surface area (Å²) in [6, 6.07) is 1.49. The lowest BCUT2D eigenvalue weighted by molar-refractivity contribution is -0.133. The highest BCUT2D eigenvalue weighted by Crippen LogP contribution is 2.20. The molecule has 7 heteroatoms. The zero-order valence-corrected chi connectivity index (χ0v) is 10.8. The third kappa shape index (κ3) is 3.03. The smallest absolute Gasteiger partial charge is 0.240 e. The highest BCUT2D eigenvalue weighted by molar-refractivity contribution is 5.83. The normalized spacial score (nSPS) is 30.1.